The summed E-state index contributed by atoms with van der Waals surface area (Å²) in [6.07, 6.45) is -2.33. The summed E-state index contributed by atoms with van der Waals surface area (Å²) in [7, 11) is 1.64. The Hall–Kier alpha value is -0.590. The summed E-state index contributed by atoms with van der Waals surface area (Å²) in [6.45, 7) is -0.264. The van der Waals surface area contributed by atoms with Crippen LogP contribution >= 0.6 is 22.6 Å². The lowest BCUT2D eigenvalue weighted by molar-refractivity contribution is 0.156. The van der Waals surface area contributed by atoms with Gasteiger partial charge in [-0.3, -0.25) is 0 Å². The first-order chi connectivity index (χ1) is 6.50. The molecule has 0 bridgehead atoms. The lowest BCUT2D eigenvalue weighted by atomic mass is 10.2. The van der Waals surface area contributed by atoms with Crippen LogP contribution in [0, 0.1) is 3.57 Å². The van der Waals surface area contributed by atoms with Gasteiger partial charge in [0.1, 0.15) is 0 Å². The maximum Gasteiger partial charge on any atom is 0.255 e. The Morgan fingerprint density at radius 1 is 1.50 bits per heavy atom. The first-order valence-corrected chi connectivity index (χ1v) is 5.13. The van der Waals surface area contributed by atoms with Gasteiger partial charge in [0, 0.05) is 16.3 Å². The van der Waals surface area contributed by atoms with Gasteiger partial charge in [-0.15, -0.1) is 0 Å². The van der Waals surface area contributed by atoms with E-state index in [0.717, 1.165) is 9.26 Å². The number of halogens is 3. The third-order valence-electron chi connectivity index (χ3n) is 1.79. The van der Waals surface area contributed by atoms with Crippen molar-refractivity contribution >= 4 is 34.0 Å². The minimum Gasteiger partial charge on any atom is -0.399 e. The van der Waals surface area contributed by atoms with Gasteiger partial charge in [-0.1, -0.05) is 0 Å². The van der Waals surface area contributed by atoms with E-state index in [1.165, 1.54) is 4.90 Å². The summed E-state index contributed by atoms with van der Waals surface area (Å²) in [4.78, 5) is 1.52. The van der Waals surface area contributed by atoms with E-state index < -0.39 is 6.43 Å². The fraction of sp³-hybridized carbons (Fsp3) is 0.333. The molecular formula is C9H11F2IN2. The summed E-state index contributed by atoms with van der Waals surface area (Å²) < 4.78 is 25.1. The second-order valence-electron chi connectivity index (χ2n) is 2.98. The zero-order chi connectivity index (χ0) is 10.7. The number of nitrogen functional groups attached to an aromatic ring is 1. The van der Waals surface area contributed by atoms with Gasteiger partial charge in [-0.25, -0.2) is 8.78 Å². The topological polar surface area (TPSA) is 29.3 Å². The molecule has 5 heteroatoms. The van der Waals surface area contributed by atoms with Crippen molar-refractivity contribution in [3.05, 3.63) is 21.8 Å². The van der Waals surface area contributed by atoms with Crippen molar-refractivity contribution < 1.29 is 8.78 Å². The Balaban J connectivity index is 2.84. The van der Waals surface area contributed by atoms with Crippen molar-refractivity contribution in [2.24, 2.45) is 0 Å². The van der Waals surface area contributed by atoms with E-state index in [1.54, 1.807) is 25.2 Å². The molecule has 0 aliphatic heterocycles. The predicted octanol–water partition coefficient (Wildman–Crippen LogP) is 2.57. The molecule has 14 heavy (non-hydrogen) atoms. The average Bonchev–Trinajstić information content (AvgIpc) is 2.01. The summed E-state index contributed by atoms with van der Waals surface area (Å²) in [5.74, 6) is 0. The highest BCUT2D eigenvalue weighted by Crippen LogP contribution is 2.24. The molecule has 0 spiro atoms. The van der Waals surface area contributed by atoms with Crippen LogP contribution in [0.15, 0.2) is 18.2 Å². The summed E-state index contributed by atoms with van der Waals surface area (Å²) in [5.41, 5.74) is 6.98. The van der Waals surface area contributed by atoms with Crippen LogP contribution in [0.25, 0.3) is 0 Å². The van der Waals surface area contributed by atoms with Crippen LogP contribution in [-0.2, 0) is 0 Å². The van der Waals surface area contributed by atoms with Gasteiger partial charge in [-0.2, -0.15) is 0 Å². The lowest BCUT2D eigenvalue weighted by Crippen LogP contribution is -2.24. The first kappa shape index (κ1) is 11.5. The molecule has 1 rings (SSSR count). The zero-order valence-electron chi connectivity index (χ0n) is 7.67. The monoisotopic (exact) mass is 312 g/mol. The number of alkyl halides is 2. The molecule has 0 amide bonds. The number of nitrogens with zero attached hydrogens (tertiary/aromatic N) is 1. The smallest absolute Gasteiger partial charge is 0.255 e. The van der Waals surface area contributed by atoms with Crippen molar-refractivity contribution in [3.63, 3.8) is 0 Å². The Morgan fingerprint density at radius 2 is 2.14 bits per heavy atom. The number of hydrogen-bond donors (Lipinski definition) is 1. The summed E-state index contributed by atoms with van der Waals surface area (Å²) >= 11 is 2.08. The lowest BCUT2D eigenvalue weighted by Gasteiger charge is -2.20. The zero-order valence-corrected chi connectivity index (χ0v) is 9.83. The molecule has 2 nitrogen and oxygen atoms in total. The molecule has 0 atom stereocenters. The van der Waals surface area contributed by atoms with E-state index in [2.05, 4.69) is 22.6 Å². The van der Waals surface area contributed by atoms with Gasteiger partial charge in [0.2, 0.25) is 0 Å². The molecule has 0 aliphatic carbocycles. The van der Waals surface area contributed by atoms with Crippen molar-refractivity contribution in [1.82, 2.24) is 0 Å². The molecule has 0 heterocycles. The molecule has 0 saturated heterocycles. The molecule has 2 N–H and O–H groups in total. The maximum absolute atomic E-state index is 12.1. The van der Waals surface area contributed by atoms with E-state index in [9.17, 15) is 8.78 Å². The van der Waals surface area contributed by atoms with Crippen LogP contribution in [0.1, 0.15) is 0 Å². The van der Waals surface area contributed by atoms with Crippen LogP contribution in [0.4, 0.5) is 20.2 Å². The largest absolute Gasteiger partial charge is 0.399 e. The van der Waals surface area contributed by atoms with Crippen molar-refractivity contribution in [1.29, 1.82) is 0 Å². The first-order valence-electron chi connectivity index (χ1n) is 4.05. The summed E-state index contributed by atoms with van der Waals surface area (Å²) in [5, 5.41) is 0. The average molecular weight is 312 g/mol. The normalized spacial score (nSPS) is 10.6. The van der Waals surface area contributed by atoms with Gasteiger partial charge < -0.3 is 10.6 Å². The Bertz CT molecular complexity index is 318. The Morgan fingerprint density at radius 3 is 2.64 bits per heavy atom. The Kier molecular flexibility index (Phi) is 3.91. The number of nitrogens with two attached hydrogens (primary N) is 1. The number of hydrogen-bond acceptors (Lipinski definition) is 2. The molecule has 0 saturated carbocycles. The Labute approximate surface area is 95.2 Å². The maximum atomic E-state index is 12.1. The molecule has 0 aliphatic rings. The van der Waals surface area contributed by atoms with E-state index in [1.807, 2.05) is 0 Å². The molecule has 78 valence electrons. The van der Waals surface area contributed by atoms with Crippen LogP contribution in [0.3, 0.4) is 0 Å². The minimum atomic E-state index is -2.33. The van der Waals surface area contributed by atoms with Crippen LogP contribution in [0.2, 0.25) is 0 Å². The fourth-order valence-corrected chi connectivity index (χ4v) is 2.09. The molecule has 0 unspecified atom stereocenters. The molecule has 0 fully saturated rings. The third kappa shape index (κ3) is 2.97. The number of anilines is 2. The van der Waals surface area contributed by atoms with E-state index in [-0.39, 0.29) is 6.54 Å². The van der Waals surface area contributed by atoms with E-state index >= 15 is 0 Å². The quantitative estimate of drug-likeness (QED) is 0.687. The van der Waals surface area contributed by atoms with Crippen LogP contribution in [0.5, 0.6) is 0 Å². The summed E-state index contributed by atoms with van der Waals surface area (Å²) in [6, 6.07) is 5.22. The molecular weight excluding hydrogens is 301 g/mol. The molecule has 1 aromatic carbocycles. The van der Waals surface area contributed by atoms with Gasteiger partial charge in [0.05, 0.1) is 12.2 Å². The van der Waals surface area contributed by atoms with Gasteiger partial charge in [-0.05, 0) is 40.8 Å². The predicted molar refractivity (Wildman–Crippen MR) is 62.8 cm³/mol. The van der Waals surface area contributed by atoms with Crippen molar-refractivity contribution in [2.75, 3.05) is 24.2 Å². The van der Waals surface area contributed by atoms with Crippen molar-refractivity contribution in [3.8, 4) is 0 Å². The molecule has 0 radical (unpaired) electrons. The second-order valence-corrected chi connectivity index (χ2v) is 4.14. The highest BCUT2D eigenvalue weighted by molar-refractivity contribution is 14.1. The highest BCUT2D eigenvalue weighted by atomic mass is 127. The fourth-order valence-electron chi connectivity index (χ4n) is 1.14. The van der Waals surface area contributed by atoms with E-state index in [4.69, 9.17) is 5.73 Å². The third-order valence-corrected chi connectivity index (χ3v) is 2.66. The SMILES string of the molecule is CN(CC(F)F)c1ccc(N)cc1I. The number of benzene rings is 1. The molecule has 1 aromatic rings. The minimum absolute atomic E-state index is 0.264. The van der Waals surface area contributed by atoms with Crippen LogP contribution in [-0.4, -0.2) is 20.0 Å². The van der Waals surface area contributed by atoms with Crippen molar-refractivity contribution in [2.45, 2.75) is 6.43 Å². The molecule has 0 aromatic heterocycles. The van der Waals surface area contributed by atoms with Gasteiger partial charge in [0.25, 0.3) is 6.43 Å². The van der Waals surface area contributed by atoms with Crippen LogP contribution < -0.4 is 10.6 Å². The van der Waals surface area contributed by atoms with E-state index in [0.29, 0.717) is 5.69 Å². The standard InChI is InChI=1S/C9H11F2IN2/c1-14(5-9(10)11)8-3-2-6(13)4-7(8)12/h2-4,9H,5,13H2,1H3. The second kappa shape index (κ2) is 4.77. The van der Waals surface area contributed by atoms with Gasteiger partial charge in [0.15, 0.2) is 0 Å². The number of rotatable bonds is 3. The highest BCUT2D eigenvalue weighted by Gasteiger charge is 2.10. The van der Waals surface area contributed by atoms with Gasteiger partial charge >= 0.3 is 0 Å².